The number of carbonyl (C=O) groups is 2. The van der Waals surface area contributed by atoms with E-state index >= 15 is 0 Å². The average molecular weight is 315 g/mol. The van der Waals surface area contributed by atoms with Gasteiger partial charge in [-0.25, -0.2) is 9.59 Å². The minimum atomic E-state index is -1.14. The third-order valence-corrected chi connectivity index (χ3v) is 4.39. The molecule has 0 spiro atoms. The Kier molecular flexibility index (Phi) is 4.41. The van der Waals surface area contributed by atoms with Gasteiger partial charge in [-0.15, -0.1) is 0 Å². The third-order valence-electron chi connectivity index (χ3n) is 3.91. The number of aromatic nitrogens is 2. The van der Waals surface area contributed by atoms with Crippen LogP contribution in [-0.2, 0) is 18.4 Å². The van der Waals surface area contributed by atoms with Crippen LogP contribution in [0.2, 0.25) is 5.15 Å². The summed E-state index contributed by atoms with van der Waals surface area (Å²) in [6, 6.07) is -0.501. The number of urea groups is 1. The molecule has 1 aliphatic carbocycles. The number of hydrogen-bond acceptors (Lipinski definition) is 3. The van der Waals surface area contributed by atoms with Crippen LogP contribution in [0.1, 0.15) is 36.9 Å². The average Bonchev–Trinajstić information content (AvgIpc) is 2.96. The lowest BCUT2D eigenvalue weighted by atomic mass is 9.98. The fourth-order valence-corrected chi connectivity index (χ4v) is 2.92. The molecule has 2 amide bonds. The van der Waals surface area contributed by atoms with Crippen molar-refractivity contribution in [1.82, 2.24) is 20.4 Å². The van der Waals surface area contributed by atoms with Gasteiger partial charge in [-0.2, -0.15) is 5.10 Å². The molecule has 0 radical (unpaired) electrons. The number of hydrogen-bond donors (Lipinski definition) is 3. The Morgan fingerprint density at radius 3 is 2.52 bits per heavy atom. The number of aryl methyl sites for hydroxylation is 2. The lowest BCUT2D eigenvalue weighted by molar-refractivity contribution is -0.144. The van der Waals surface area contributed by atoms with Crippen LogP contribution in [0.4, 0.5) is 4.79 Å². The van der Waals surface area contributed by atoms with E-state index in [9.17, 15) is 14.7 Å². The molecule has 1 aromatic rings. The zero-order valence-electron chi connectivity index (χ0n) is 12.1. The van der Waals surface area contributed by atoms with E-state index < -0.39 is 17.5 Å². The zero-order valence-corrected chi connectivity index (χ0v) is 12.8. The van der Waals surface area contributed by atoms with Crippen LogP contribution in [0.15, 0.2) is 0 Å². The van der Waals surface area contributed by atoms with Crippen molar-refractivity contribution in [3.8, 4) is 0 Å². The SMILES string of the molecule is Cc1nn(C)c(Cl)c1CNC(=O)NC1(C(=O)O)CCCC1. The largest absolute Gasteiger partial charge is 0.480 e. The van der Waals surface area contributed by atoms with Crippen molar-refractivity contribution < 1.29 is 14.7 Å². The molecule has 0 atom stereocenters. The van der Waals surface area contributed by atoms with Gasteiger partial charge >= 0.3 is 12.0 Å². The molecule has 7 nitrogen and oxygen atoms in total. The lowest BCUT2D eigenvalue weighted by Crippen LogP contribution is -2.55. The third kappa shape index (κ3) is 3.12. The summed E-state index contributed by atoms with van der Waals surface area (Å²) < 4.78 is 1.53. The first kappa shape index (κ1) is 15.6. The summed E-state index contributed by atoms with van der Waals surface area (Å²) in [5, 5.41) is 19.2. The van der Waals surface area contributed by atoms with Gasteiger partial charge in [0.2, 0.25) is 0 Å². The van der Waals surface area contributed by atoms with Gasteiger partial charge in [-0.1, -0.05) is 24.4 Å². The van der Waals surface area contributed by atoms with Gasteiger partial charge in [0, 0.05) is 19.2 Å². The van der Waals surface area contributed by atoms with Crippen LogP contribution in [-0.4, -0.2) is 32.4 Å². The molecule has 0 saturated heterocycles. The molecule has 1 fully saturated rings. The lowest BCUT2D eigenvalue weighted by Gasteiger charge is -2.25. The molecular formula is C13H19ClN4O3. The number of rotatable bonds is 4. The summed E-state index contributed by atoms with van der Waals surface area (Å²) in [5.74, 6) is -0.981. The van der Waals surface area contributed by atoms with E-state index in [2.05, 4.69) is 15.7 Å². The summed E-state index contributed by atoms with van der Waals surface area (Å²) in [5.41, 5.74) is 0.319. The molecule has 2 rings (SSSR count). The highest BCUT2D eigenvalue weighted by molar-refractivity contribution is 6.30. The van der Waals surface area contributed by atoms with Crippen LogP contribution in [0.3, 0.4) is 0 Å². The minimum Gasteiger partial charge on any atom is -0.480 e. The molecule has 116 valence electrons. The highest BCUT2D eigenvalue weighted by Crippen LogP contribution is 2.29. The molecule has 0 aliphatic heterocycles. The van der Waals surface area contributed by atoms with E-state index in [0.29, 0.717) is 18.0 Å². The summed E-state index contributed by atoms with van der Waals surface area (Å²) in [6.07, 6.45) is 2.53. The Balaban J connectivity index is 1.97. The number of carboxylic acid groups (broad SMARTS) is 1. The number of carbonyl (C=O) groups excluding carboxylic acids is 1. The predicted molar refractivity (Wildman–Crippen MR) is 77.2 cm³/mol. The number of amides is 2. The van der Waals surface area contributed by atoms with Crippen LogP contribution in [0, 0.1) is 6.92 Å². The molecule has 0 unspecified atom stereocenters. The van der Waals surface area contributed by atoms with Gasteiger partial charge in [0.05, 0.1) is 5.69 Å². The van der Waals surface area contributed by atoms with Gasteiger partial charge in [0.25, 0.3) is 0 Å². The predicted octanol–water partition coefficient (Wildman–Crippen LogP) is 1.58. The van der Waals surface area contributed by atoms with E-state index in [1.54, 1.807) is 14.0 Å². The molecule has 0 bridgehead atoms. The molecule has 1 saturated carbocycles. The van der Waals surface area contributed by atoms with Gasteiger partial charge < -0.3 is 15.7 Å². The molecule has 1 aliphatic rings. The smallest absolute Gasteiger partial charge is 0.329 e. The van der Waals surface area contributed by atoms with Crippen LogP contribution in [0.5, 0.6) is 0 Å². The highest BCUT2D eigenvalue weighted by Gasteiger charge is 2.42. The second kappa shape index (κ2) is 5.93. The quantitative estimate of drug-likeness (QED) is 0.786. The minimum absolute atomic E-state index is 0.208. The van der Waals surface area contributed by atoms with E-state index in [0.717, 1.165) is 24.1 Å². The molecule has 1 aromatic heterocycles. The summed E-state index contributed by atoms with van der Waals surface area (Å²) in [4.78, 5) is 23.3. The van der Waals surface area contributed by atoms with Crippen molar-refractivity contribution in [2.75, 3.05) is 0 Å². The second-order valence-electron chi connectivity index (χ2n) is 5.38. The van der Waals surface area contributed by atoms with Gasteiger partial charge in [0.1, 0.15) is 10.7 Å². The first-order valence-corrected chi connectivity index (χ1v) is 7.21. The van der Waals surface area contributed by atoms with Gasteiger partial charge in [-0.05, 0) is 19.8 Å². The number of aliphatic carboxylic acids is 1. The first-order chi connectivity index (χ1) is 9.85. The van der Waals surface area contributed by atoms with E-state index in [1.807, 2.05) is 0 Å². The number of nitrogens with zero attached hydrogens (tertiary/aromatic N) is 2. The molecular weight excluding hydrogens is 296 g/mol. The zero-order chi connectivity index (χ0) is 15.6. The van der Waals surface area contributed by atoms with Crippen molar-refractivity contribution in [1.29, 1.82) is 0 Å². The molecule has 21 heavy (non-hydrogen) atoms. The summed E-state index contributed by atoms with van der Waals surface area (Å²) >= 11 is 6.08. The van der Waals surface area contributed by atoms with Crippen LogP contribution >= 0.6 is 11.6 Å². The number of carboxylic acids is 1. The van der Waals surface area contributed by atoms with E-state index in [-0.39, 0.29) is 6.54 Å². The topological polar surface area (TPSA) is 96.3 Å². The Morgan fingerprint density at radius 2 is 2.05 bits per heavy atom. The number of halogens is 1. The van der Waals surface area contributed by atoms with Crippen molar-refractivity contribution >= 4 is 23.6 Å². The number of nitrogens with one attached hydrogen (secondary N) is 2. The Labute approximate surface area is 127 Å². The van der Waals surface area contributed by atoms with Crippen LogP contribution in [0.25, 0.3) is 0 Å². The monoisotopic (exact) mass is 314 g/mol. The van der Waals surface area contributed by atoms with E-state index in [4.69, 9.17) is 11.6 Å². The highest BCUT2D eigenvalue weighted by atomic mass is 35.5. The fourth-order valence-electron chi connectivity index (χ4n) is 2.68. The molecule has 8 heteroatoms. The summed E-state index contributed by atoms with van der Waals surface area (Å²) in [6.45, 7) is 2.01. The van der Waals surface area contributed by atoms with Crippen molar-refractivity contribution in [3.05, 3.63) is 16.4 Å². The Morgan fingerprint density at radius 1 is 1.43 bits per heavy atom. The van der Waals surface area contributed by atoms with Crippen LogP contribution < -0.4 is 10.6 Å². The molecule has 0 aromatic carbocycles. The summed E-state index contributed by atoms with van der Waals surface area (Å²) in [7, 11) is 1.72. The Hall–Kier alpha value is -1.76. The standard InChI is InChI=1S/C13H19ClN4O3/c1-8-9(10(14)18(2)17-8)7-15-12(21)16-13(11(19)20)5-3-4-6-13/h3-7H2,1-2H3,(H,19,20)(H2,15,16,21). The van der Waals surface area contributed by atoms with Crippen molar-refractivity contribution in [3.63, 3.8) is 0 Å². The Bertz CT molecular complexity index is 564. The van der Waals surface area contributed by atoms with Gasteiger partial charge in [0.15, 0.2) is 0 Å². The molecule has 3 N–H and O–H groups in total. The second-order valence-corrected chi connectivity index (χ2v) is 5.74. The normalized spacial score (nSPS) is 16.7. The van der Waals surface area contributed by atoms with Gasteiger partial charge in [-0.3, -0.25) is 4.68 Å². The fraction of sp³-hybridized carbons (Fsp3) is 0.615. The van der Waals surface area contributed by atoms with Crippen molar-refractivity contribution in [2.24, 2.45) is 7.05 Å². The maximum atomic E-state index is 12.0. The van der Waals surface area contributed by atoms with E-state index in [1.165, 1.54) is 4.68 Å². The molecule has 1 heterocycles. The first-order valence-electron chi connectivity index (χ1n) is 6.83. The van der Waals surface area contributed by atoms with Crippen molar-refractivity contribution in [2.45, 2.75) is 44.7 Å². The maximum absolute atomic E-state index is 12.0. The maximum Gasteiger partial charge on any atom is 0.329 e.